The van der Waals surface area contributed by atoms with Crippen molar-refractivity contribution >= 4 is 16.8 Å². The Morgan fingerprint density at radius 1 is 1.06 bits per heavy atom. The Labute approximate surface area is 97.7 Å². The molecular weight excluding hydrogens is 226 g/mol. The van der Waals surface area contributed by atoms with Gasteiger partial charge in [-0.05, 0) is 29.8 Å². The lowest BCUT2D eigenvalue weighted by Crippen LogP contribution is -1.95. The number of aromatic nitrogens is 1. The third-order valence-electron chi connectivity index (χ3n) is 1.89. The van der Waals surface area contributed by atoms with E-state index >= 15 is 0 Å². The Morgan fingerprint density at radius 3 is 2.50 bits per heavy atom. The molecule has 16 heavy (non-hydrogen) atoms. The lowest BCUT2D eigenvalue weighted by molar-refractivity contribution is 0.107. The van der Waals surface area contributed by atoms with E-state index in [-0.39, 0.29) is 5.69 Å². The van der Waals surface area contributed by atoms with Gasteiger partial charge in [0, 0.05) is 6.07 Å². The van der Waals surface area contributed by atoms with Crippen LogP contribution in [0.15, 0.2) is 48.5 Å². The van der Waals surface area contributed by atoms with Crippen LogP contribution in [0, 0.1) is 0 Å². The minimum atomic E-state index is -0.599. The molecule has 1 heterocycles. The number of benzene rings is 1. The molecule has 3 nitrogen and oxygen atoms in total. The van der Waals surface area contributed by atoms with Crippen LogP contribution >= 0.6 is 11.6 Å². The Kier molecular flexibility index (Phi) is 3.17. The van der Waals surface area contributed by atoms with Gasteiger partial charge in [-0.1, -0.05) is 24.3 Å². The highest BCUT2D eigenvalue weighted by Gasteiger charge is 2.05. The fourth-order valence-corrected chi connectivity index (χ4v) is 1.30. The number of hydrogen-bond donors (Lipinski definition) is 0. The van der Waals surface area contributed by atoms with Crippen LogP contribution in [0.2, 0.25) is 0 Å². The molecule has 1 aromatic heterocycles. The third kappa shape index (κ3) is 2.58. The van der Waals surface area contributed by atoms with Crippen molar-refractivity contribution in [3.05, 3.63) is 54.2 Å². The van der Waals surface area contributed by atoms with E-state index in [9.17, 15) is 4.79 Å². The zero-order chi connectivity index (χ0) is 11.4. The van der Waals surface area contributed by atoms with Gasteiger partial charge >= 0.3 is 0 Å². The first-order chi connectivity index (χ1) is 7.75. The smallest absolute Gasteiger partial charge is 0.270 e. The maximum Gasteiger partial charge on any atom is 0.270 e. The van der Waals surface area contributed by atoms with Crippen molar-refractivity contribution < 1.29 is 9.53 Å². The molecule has 0 radical (unpaired) electrons. The summed E-state index contributed by atoms with van der Waals surface area (Å²) < 4.78 is 5.45. The lowest BCUT2D eigenvalue weighted by atomic mass is 10.3. The molecular formula is C12H8ClNO2. The molecule has 0 aliphatic rings. The van der Waals surface area contributed by atoms with Crippen molar-refractivity contribution in [2.75, 3.05) is 0 Å². The first kappa shape index (κ1) is 10.6. The maximum atomic E-state index is 10.9. The van der Waals surface area contributed by atoms with Crippen LogP contribution in [0.3, 0.4) is 0 Å². The monoisotopic (exact) mass is 233 g/mol. The summed E-state index contributed by atoms with van der Waals surface area (Å²) in [5.74, 6) is 1.01. The molecule has 80 valence electrons. The van der Waals surface area contributed by atoms with Gasteiger partial charge in [-0.25, -0.2) is 4.98 Å². The van der Waals surface area contributed by atoms with Gasteiger partial charge in [-0.15, -0.1) is 0 Å². The molecule has 0 fully saturated rings. The Morgan fingerprint density at radius 2 is 1.81 bits per heavy atom. The molecule has 0 amide bonds. The molecule has 1 aromatic carbocycles. The fraction of sp³-hybridized carbons (Fsp3) is 0. The number of carbonyl (C=O) groups excluding carboxylic acids is 1. The summed E-state index contributed by atoms with van der Waals surface area (Å²) in [6.07, 6.45) is 0. The number of hydrogen-bond acceptors (Lipinski definition) is 3. The van der Waals surface area contributed by atoms with Gasteiger partial charge in [-0.3, -0.25) is 4.79 Å². The van der Waals surface area contributed by atoms with Crippen LogP contribution in [-0.4, -0.2) is 10.2 Å². The number of pyridine rings is 1. The lowest BCUT2D eigenvalue weighted by Gasteiger charge is -2.04. The topological polar surface area (TPSA) is 39.2 Å². The zero-order valence-corrected chi connectivity index (χ0v) is 9.02. The van der Waals surface area contributed by atoms with Crippen LogP contribution in [0.25, 0.3) is 0 Å². The fourth-order valence-electron chi connectivity index (χ4n) is 1.19. The van der Waals surface area contributed by atoms with E-state index in [4.69, 9.17) is 16.3 Å². The summed E-state index contributed by atoms with van der Waals surface area (Å²) >= 11 is 5.32. The molecule has 0 bridgehead atoms. The highest BCUT2D eigenvalue weighted by Crippen LogP contribution is 2.18. The molecule has 0 spiro atoms. The molecule has 0 unspecified atom stereocenters. The van der Waals surface area contributed by atoms with Gasteiger partial charge in [0.15, 0.2) is 0 Å². The summed E-state index contributed by atoms with van der Waals surface area (Å²) in [6, 6.07) is 14.1. The van der Waals surface area contributed by atoms with E-state index in [1.807, 2.05) is 18.2 Å². The van der Waals surface area contributed by atoms with Crippen molar-refractivity contribution in [2.24, 2.45) is 0 Å². The average Bonchev–Trinajstić information content (AvgIpc) is 2.30. The van der Waals surface area contributed by atoms with Gasteiger partial charge in [0.1, 0.15) is 11.4 Å². The molecule has 0 aliphatic carbocycles. The van der Waals surface area contributed by atoms with Gasteiger partial charge in [0.2, 0.25) is 5.88 Å². The molecule has 4 heteroatoms. The quantitative estimate of drug-likeness (QED) is 0.764. The summed E-state index contributed by atoms with van der Waals surface area (Å²) in [7, 11) is 0. The van der Waals surface area contributed by atoms with Crippen molar-refractivity contribution in [2.45, 2.75) is 0 Å². The van der Waals surface area contributed by atoms with E-state index in [1.165, 1.54) is 6.07 Å². The predicted molar refractivity (Wildman–Crippen MR) is 60.9 cm³/mol. The van der Waals surface area contributed by atoms with E-state index in [0.717, 1.165) is 0 Å². The van der Waals surface area contributed by atoms with Gasteiger partial charge in [0.05, 0.1) is 0 Å². The van der Waals surface area contributed by atoms with E-state index in [1.54, 1.807) is 24.3 Å². The SMILES string of the molecule is O=C(Cl)c1cccc(Oc2ccccc2)n1. The number of rotatable bonds is 3. The second-order valence-electron chi connectivity index (χ2n) is 3.05. The number of ether oxygens (including phenoxy) is 1. The highest BCUT2D eigenvalue weighted by molar-refractivity contribution is 6.67. The Hall–Kier alpha value is -1.87. The summed E-state index contributed by atoms with van der Waals surface area (Å²) in [5.41, 5.74) is 0.176. The van der Waals surface area contributed by atoms with Crippen molar-refractivity contribution in [3.63, 3.8) is 0 Å². The summed E-state index contributed by atoms with van der Waals surface area (Å²) in [5, 5.41) is -0.599. The molecule has 0 saturated heterocycles. The first-order valence-electron chi connectivity index (χ1n) is 4.65. The Bertz CT molecular complexity index is 499. The van der Waals surface area contributed by atoms with Crippen molar-refractivity contribution in [1.29, 1.82) is 0 Å². The summed E-state index contributed by atoms with van der Waals surface area (Å²) in [4.78, 5) is 14.9. The molecule has 2 aromatic rings. The van der Waals surface area contributed by atoms with Gasteiger partial charge in [0.25, 0.3) is 5.24 Å². The molecule has 2 rings (SSSR count). The zero-order valence-electron chi connectivity index (χ0n) is 8.26. The van der Waals surface area contributed by atoms with Gasteiger partial charge < -0.3 is 4.74 Å². The van der Waals surface area contributed by atoms with Crippen molar-refractivity contribution in [3.8, 4) is 11.6 Å². The minimum absolute atomic E-state index is 0.176. The molecule has 0 N–H and O–H groups in total. The molecule has 0 aliphatic heterocycles. The maximum absolute atomic E-state index is 10.9. The molecule has 0 atom stereocenters. The number of halogens is 1. The largest absolute Gasteiger partial charge is 0.439 e. The number of nitrogens with zero attached hydrogens (tertiary/aromatic N) is 1. The Balaban J connectivity index is 2.22. The predicted octanol–water partition coefficient (Wildman–Crippen LogP) is 3.25. The van der Waals surface area contributed by atoms with E-state index < -0.39 is 5.24 Å². The van der Waals surface area contributed by atoms with Crippen LogP contribution in [0.1, 0.15) is 10.5 Å². The van der Waals surface area contributed by atoms with Crippen LogP contribution in [-0.2, 0) is 0 Å². The number of para-hydroxylation sites is 1. The van der Waals surface area contributed by atoms with Crippen LogP contribution in [0.5, 0.6) is 11.6 Å². The average molecular weight is 234 g/mol. The third-order valence-corrected chi connectivity index (χ3v) is 2.08. The molecule has 0 saturated carbocycles. The minimum Gasteiger partial charge on any atom is -0.439 e. The van der Waals surface area contributed by atoms with Crippen molar-refractivity contribution in [1.82, 2.24) is 4.98 Å². The van der Waals surface area contributed by atoms with Gasteiger partial charge in [-0.2, -0.15) is 0 Å². The van der Waals surface area contributed by atoms with Crippen LogP contribution in [0.4, 0.5) is 0 Å². The second kappa shape index (κ2) is 4.77. The van der Waals surface area contributed by atoms with E-state index in [2.05, 4.69) is 4.98 Å². The highest BCUT2D eigenvalue weighted by atomic mass is 35.5. The van der Waals surface area contributed by atoms with E-state index in [0.29, 0.717) is 11.6 Å². The first-order valence-corrected chi connectivity index (χ1v) is 5.03. The second-order valence-corrected chi connectivity index (χ2v) is 3.39. The normalized spacial score (nSPS) is 9.81. The summed E-state index contributed by atoms with van der Waals surface area (Å²) in [6.45, 7) is 0. The number of carbonyl (C=O) groups is 1. The van der Waals surface area contributed by atoms with Crippen LogP contribution < -0.4 is 4.74 Å². The standard InChI is InChI=1S/C12H8ClNO2/c13-12(15)10-7-4-8-11(14-10)16-9-5-2-1-3-6-9/h1-8H.